The Morgan fingerprint density at radius 2 is 1.00 bits per heavy atom. The molecule has 0 rings (SSSR count). The fraction of sp³-hybridized carbons (Fsp3) is 0.882. The monoisotopic (exact) mass is 300 g/mol. The molecule has 0 fully saturated rings. The molecule has 0 aliphatic carbocycles. The van der Waals surface area contributed by atoms with Gasteiger partial charge in [-0.05, 0) is 6.42 Å². The van der Waals surface area contributed by atoms with Gasteiger partial charge < -0.3 is 10.2 Å². The summed E-state index contributed by atoms with van der Waals surface area (Å²) in [7, 11) is 0. The van der Waals surface area contributed by atoms with Gasteiger partial charge in [-0.3, -0.25) is 9.59 Å². The van der Waals surface area contributed by atoms with Gasteiger partial charge in [0.25, 0.3) is 0 Å². The highest BCUT2D eigenvalue weighted by atomic mass is 16.4. The molecule has 0 aromatic rings. The van der Waals surface area contributed by atoms with Crippen molar-refractivity contribution in [2.24, 2.45) is 5.92 Å². The van der Waals surface area contributed by atoms with Crippen molar-refractivity contribution in [3.63, 3.8) is 0 Å². The molecule has 124 valence electrons. The second-order valence-corrected chi connectivity index (χ2v) is 5.91. The third kappa shape index (κ3) is 12.4. The number of hydrogen-bond donors (Lipinski definition) is 2. The first-order chi connectivity index (χ1) is 10.1. The predicted molar refractivity (Wildman–Crippen MR) is 84.5 cm³/mol. The maximum atomic E-state index is 10.7. The molecule has 0 aliphatic heterocycles. The largest absolute Gasteiger partial charge is 0.481 e. The lowest BCUT2D eigenvalue weighted by atomic mass is 10.00. The lowest BCUT2D eigenvalue weighted by Gasteiger charge is -2.06. The topological polar surface area (TPSA) is 74.6 Å². The molecular formula is C17H32O4. The van der Waals surface area contributed by atoms with Gasteiger partial charge in [0.2, 0.25) is 0 Å². The second-order valence-electron chi connectivity index (χ2n) is 5.91. The summed E-state index contributed by atoms with van der Waals surface area (Å²) in [5.74, 6) is -3.66. The Morgan fingerprint density at radius 3 is 1.33 bits per heavy atom. The fourth-order valence-electron chi connectivity index (χ4n) is 2.54. The Kier molecular flexibility index (Phi) is 13.2. The molecular weight excluding hydrogens is 268 g/mol. The summed E-state index contributed by atoms with van der Waals surface area (Å²) in [5, 5.41) is 17.5. The molecule has 4 heteroatoms. The lowest BCUT2D eigenvalue weighted by Crippen LogP contribution is -2.23. The zero-order valence-electron chi connectivity index (χ0n) is 13.5. The maximum absolute atomic E-state index is 10.7. The average molecular weight is 300 g/mol. The van der Waals surface area contributed by atoms with Crippen LogP contribution in [0.5, 0.6) is 0 Å². The highest BCUT2D eigenvalue weighted by Crippen LogP contribution is 2.15. The number of carboxylic acid groups (broad SMARTS) is 2. The molecule has 0 saturated carbocycles. The summed E-state index contributed by atoms with van der Waals surface area (Å²) in [6, 6.07) is 0. The van der Waals surface area contributed by atoms with E-state index in [1.54, 1.807) is 0 Å². The molecule has 0 aliphatic rings. The molecule has 21 heavy (non-hydrogen) atoms. The summed E-state index contributed by atoms with van der Waals surface area (Å²) >= 11 is 0. The van der Waals surface area contributed by atoms with Crippen LogP contribution in [0.15, 0.2) is 0 Å². The maximum Gasteiger partial charge on any atom is 0.317 e. The van der Waals surface area contributed by atoms with Gasteiger partial charge in [-0.1, -0.05) is 84.0 Å². The fourth-order valence-corrected chi connectivity index (χ4v) is 2.54. The van der Waals surface area contributed by atoms with Crippen LogP contribution < -0.4 is 0 Å². The standard InChI is InChI=1S/C17H32O4/c1-2-3-4-5-6-7-8-9-10-11-12-13-14-15(16(18)19)17(20)21/h15H,2-14H2,1H3,(H,18,19)(H,20,21). The van der Waals surface area contributed by atoms with E-state index >= 15 is 0 Å². The molecule has 0 atom stereocenters. The molecule has 0 unspecified atom stereocenters. The Hall–Kier alpha value is -1.06. The van der Waals surface area contributed by atoms with E-state index in [0.717, 1.165) is 12.8 Å². The molecule has 4 nitrogen and oxygen atoms in total. The number of carbonyl (C=O) groups is 2. The van der Waals surface area contributed by atoms with E-state index in [2.05, 4.69) is 6.92 Å². The molecule has 0 amide bonds. The number of hydrogen-bond acceptors (Lipinski definition) is 2. The zero-order chi connectivity index (χ0) is 15.9. The lowest BCUT2D eigenvalue weighted by molar-refractivity contribution is -0.154. The summed E-state index contributed by atoms with van der Waals surface area (Å²) in [5.41, 5.74) is 0. The third-order valence-corrected chi connectivity index (χ3v) is 3.94. The molecule has 0 aromatic carbocycles. The van der Waals surface area contributed by atoms with Crippen LogP contribution in [0.25, 0.3) is 0 Å². The van der Waals surface area contributed by atoms with E-state index in [4.69, 9.17) is 10.2 Å². The molecule has 0 bridgehead atoms. The summed E-state index contributed by atoms with van der Waals surface area (Å²) in [6.45, 7) is 2.23. The zero-order valence-corrected chi connectivity index (χ0v) is 13.5. The van der Waals surface area contributed by atoms with Crippen molar-refractivity contribution in [3.8, 4) is 0 Å². The van der Waals surface area contributed by atoms with Gasteiger partial charge in [0.1, 0.15) is 0 Å². The molecule has 0 spiro atoms. The van der Waals surface area contributed by atoms with Gasteiger partial charge in [-0.25, -0.2) is 0 Å². The van der Waals surface area contributed by atoms with Crippen molar-refractivity contribution in [2.75, 3.05) is 0 Å². The Balaban J connectivity index is 3.29. The van der Waals surface area contributed by atoms with Crippen molar-refractivity contribution < 1.29 is 19.8 Å². The molecule has 2 N–H and O–H groups in total. The predicted octanol–water partition coefficient (Wildman–Crippen LogP) is 4.86. The Labute approximate surface area is 128 Å². The van der Waals surface area contributed by atoms with Crippen LogP contribution in [-0.2, 0) is 9.59 Å². The molecule has 0 heterocycles. The van der Waals surface area contributed by atoms with Crippen LogP contribution in [0.2, 0.25) is 0 Å². The number of carboxylic acids is 2. The number of aliphatic carboxylic acids is 2. The average Bonchev–Trinajstić information content (AvgIpc) is 2.43. The minimum absolute atomic E-state index is 0.252. The van der Waals surface area contributed by atoms with Gasteiger partial charge in [0.05, 0.1) is 0 Å². The van der Waals surface area contributed by atoms with Crippen LogP contribution in [-0.4, -0.2) is 22.2 Å². The minimum atomic E-state index is -1.23. The summed E-state index contributed by atoms with van der Waals surface area (Å²) in [4.78, 5) is 21.4. The molecule has 0 saturated heterocycles. The van der Waals surface area contributed by atoms with Gasteiger partial charge in [0.15, 0.2) is 5.92 Å². The van der Waals surface area contributed by atoms with Crippen LogP contribution in [0.1, 0.15) is 90.4 Å². The van der Waals surface area contributed by atoms with E-state index in [1.165, 1.54) is 57.8 Å². The normalized spacial score (nSPS) is 11.0. The van der Waals surface area contributed by atoms with Gasteiger partial charge >= 0.3 is 11.9 Å². The number of unbranched alkanes of at least 4 members (excludes halogenated alkanes) is 11. The second kappa shape index (κ2) is 13.9. The quantitative estimate of drug-likeness (QED) is 0.334. The van der Waals surface area contributed by atoms with Crippen molar-refractivity contribution in [2.45, 2.75) is 90.4 Å². The van der Waals surface area contributed by atoms with Crippen molar-refractivity contribution in [3.05, 3.63) is 0 Å². The Morgan fingerprint density at radius 1 is 0.667 bits per heavy atom. The van der Waals surface area contributed by atoms with Gasteiger partial charge in [0, 0.05) is 0 Å². The van der Waals surface area contributed by atoms with E-state index in [1.807, 2.05) is 0 Å². The van der Waals surface area contributed by atoms with Gasteiger partial charge in [-0.15, -0.1) is 0 Å². The van der Waals surface area contributed by atoms with Crippen LogP contribution >= 0.6 is 0 Å². The van der Waals surface area contributed by atoms with Crippen molar-refractivity contribution >= 4 is 11.9 Å². The third-order valence-electron chi connectivity index (χ3n) is 3.94. The summed E-state index contributed by atoms with van der Waals surface area (Å²) < 4.78 is 0. The minimum Gasteiger partial charge on any atom is -0.481 e. The molecule has 0 radical (unpaired) electrons. The first-order valence-electron chi connectivity index (χ1n) is 8.55. The van der Waals surface area contributed by atoms with E-state index in [-0.39, 0.29) is 6.42 Å². The highest BCUT2D eigenvalue weighted by Gasteiger charge is 2.24. The smallest absolute Gasteiger partial charge is 0.317 e. The highest BCUT2D eigenvalue weighted by molar-refractivity contribution is 5.92. The van der Waals surface area contributed by atoms with Gasteiger partial charge in [-0.2, -0.15) is 0 Å². The number of rotatable bonds is 15. The SMILES string of the molecule is CCCCCCCCCCCCCCC(C(=O)O)C(=O)O. The van der Waals surface area contributed by atoms with E-state index in [0.29, 0.717) is 6.42 Å². The first kappa shape index (κ1) is 19.9. The molecule has 0 aromatic heterocycles. The van der Waals surface area contributed by atoms with Crippen LogP contribution in [0.3, 0.4) is 0 Å². The first-order valence-corrected chi connectivity index (χ1v) is 8.55. The van der Waals surface area contributed by atoms with Crippen molar-refractivity contribution in [1.29, 1.82) is 0 Å². The van der Waals surface area contributed by atoms with E-state index < -0.39 is 17.9 Å². The van der Waals surface area contributed by atoms with Crippen LogP contribution in [0, 0.1) is 5.92 Å². The van der Waals surface area contributed by atoms with Crippen molar-refractivity contribution in [1.82, 2.24) is 0 Å². The van der Waals surface area contributed by atoms with Crippen LogP contribution in [0.4, 0.5) is 0 Å². The summed E-state index contributed by atoms with van der Waals surface area (Å²) in [6.07, 6.45) is 14.7. The van der Waals surface area contributed by atoms with E-state index in [9.17, 15) is 9.59 Å². The Bertz CT molecular complexity index is 262.